The monoisotopic (exact) mass is 226 g/mol. The summed E-state index contributed by atoms with van der Waals surface area (Å²) < 4.78 is 12.2. The first-order chi connectivity index (χ1) is 7.67. The third kappa shape index (κ3) is 3.75. The highest BCUT2D eigenvalue weighted by atomic mass is 16.7. The summed E-state index contributed by atoms with van der Waals surface area (Å²) in [6, 6.07) is 1.49. The maximum Gasteiger partial charge on any atom is 0.253 e. The van der Waals surface area contributed by atoms with E-state index in [0.717, 1.165) is 0 Å². The Morgan fingerprint density at radius 3 is 2.50 bits per heavy atom. The third-order valence-corrected chi connectivity index (χ3v) is 2.07. The summed E-state index contributed by atoms with van der Waals surface area (Å²) >= 11 is 0. The Balaban J connectivity index is 2.72. The molecule has 90 valence electrons. The van der Waals surface area contributed by atoms with E-state index in [1.54, 1.807) is 6.92 Å². The molecule has 0 unspecified atom stereocenters. The van der Waals surface area contributed by atoms with Gasteiger partial charge >= 0.3 is 0 Å². The van der Waals surface area contributed by atoms with Gasteiger partial charge in [-0.25, -0.2) is 4.98 Å². The van der Waals surface area contributed by atoms with E-state index in [9.17, 15) is 4.79 Å². The standard InChI is InChI=1S/C11H18N2O3/c1-4-15-11(16-5-2)7-13-8-12-9(3)6-10(13)14/h6,8,11H,4-5,7H2,1-3H3. The lowest BCUT2D eigenvalue weighted by atomic mass is 10.4. The number of aryl methyl sites for hydroxylation is 1. The quantitative estimate of drug-likeness (QED) is 0.678. The van der Waals surface area contributed by atoms with Gasteiger partial charge < -0.3 is 9.47 Å². The molecule has 0 saturated heterocycles. The molecule has 1 rings (SSSR count). The Morgan fingerprint density at radius 2 is 2.00 bits per heavy atom. The number of aromatic nitrogens is 2. The zero-order chi connectivity index (χ0) is 12.0. The second kappa shape index (κ2) is 6.40. The molecule has 1 heterocycles. The first kappa shape index (κ1) is 12.9. The van der Waals surface area contributed by atoms with Crippen molar-refractivity contribution in [2.24, 2.45) is 0 Å². The van der Waals surface area contributed by atoms with Gasteiger partial charge in [0.05, 0.1) is 12.9 Å². The van der Waals surface area contributed by atoms with Gasteiger partial charge in [0.25, 0.3) is 5.56 Å². The molecule has 1 aromatic heterocycles. The van der Waals surface area contributed by atoms with Crippen LogP contribution in [0, 0.1) is 6.92 Å². The van der Waals surface area contributed by atoms with Crippen LogP contribution in [-0.4, -0.2) is 29.1 Å². The van der Waals surface area contributed by atoms with Crippen LogP contribution >= 0.6 is 0 Å². The normalized spacial score (nSPS) is 11.0. The minimum absolute atomic E-state index is 0.0862. The topological polar surface area (TPSA) is 53.4 Å². The van der Waals surface area contributed by atoms with Crippen molar-refractivity contribution in [3.8, 4) is 0 Å². The third-order valence-electron chi connectivity index (χ3n) is 2.07. The average Bonchev–Trinajstić information content (AvgIpc) is 2.23. The van der Waals surface area contributed by atoms with Crippen LogP contribution in [0.25, 0.3) is 0 Å². The Hall–Kier alpha value is -1.20. The van der Waals surface area contributed by atoms with E-state index in [4.69, 9.17) is 9.47 Å². The molecule has 0 bridgehead atoms. The zero-order valence-corrected chi connectivity index (χ0v) is 9.97. The first-order valence-electron chi connectivity index (χ1n) is 5.43. The molecule has 0 saturated carbocycles. The van der Waals surface area contributed by atoms with Gasteiger partial charge in [-0.05, 0) is 20.8 Å². The summed E-state index contributed by atoms with van der Waals surface area (Å²) in [7, 11) is 0. The summed E-state index contributed by atoms with van der Waals surface area (Å²) in [6.07, 6.45) is 1.13. The van der Waals surface area contributed by atoms with Crippen LogP contribution in [0.1, 0.15) is 19.5 Å². The highest BCUT2D eigenvalue weighted by molar-refractivity contribution is 4.95. The molecule has 0 aromatic carbocycles. The van der Waals surface area contributed by atoms with Crippen molar-refractivity contribution >= 4 is 0 Å². The molecular weight excluding hydrogens is 208 g/mol. The van der Waals surface area contributed by atoms with E-state index in [1.807, 2.05) is 13.8 Å². The second-order valence-electron chi connectivity index (χ2n) is 3.36. The van der Waals surface area contributed by atoms with Gasteiger partial charge in [0.2, 0.25) is 0 Å². The van der Waals surface area contributed by atoms with Crippen LogP contribution in [0.2, 0.25) is 0 Å². The Labute approximate surface area is 95.0 Å². The largest absolute Gasteiger partial charge is 0.351 e. The number of hydrogen-bond donors (Lipinski definition) is 0. The predicted octanol–water partition coefficient (Wildman–Crippen LogP) is 0.951. The lowest BCUT2D eigenvalue weighted by Gasteiger charge is -2.17. The van der Waals surface area contributed by atoms with E-state index >= 15 is 0 Å². The fourth-order valence-corrected chi connectivity index (χ4v) is 1.34. The summed E-state index contributed by atoms with van der Waals surface area (Å²) in [6.45, 7) is 7.05. The lowest BCUT2D eigenvalue weighted by Crippen LogP contribution is -2.30. The molecule has 0 aliphatic rings. The van der Waals surface area contributed by atoms with Crippen molar-refractivity contribution in [1.29, 1.82) is 0 Å². The summed E-state index contributed by atoms with van der Waals surface area (Å²) in [5, 5.41) is 0. The van der Waals surface area contributed by atoms with E-state index in [-0.39, 0.29) is 5.56 Å². The van der Waals surface area contributed by atoms with Crippen LogP contribution in [-0.2, 0) is 16.0 Å². The van der Waals surface area contributed by atoms with Gasteiger partial charge in [-0.15, -0.1) is 0 Å². The van der Waals surface area contributed by atoms with E-state index in [0.29, 0.717) is 25.5 Å². The molecule has 0 fully saturated rings. The molecule has 16 heavy (non-hydrogen) atoms. The summed E-state index contributed by atoms with van der Waals surface area (Å²) in [5.74, 6) is 0. The molecule has 5 heteroatoms. The molecule has 0 aliphatic heterocycles. The van der Waals surface area contributed by atoms with Gasteiger partial charge in [-0.3, -0.25) is 9.36 Å². The van der Waals surface area contributed by atoms with Crippen LogP contribution in [0.15, 0.2) is 17.2 Å². The van der Waals surface area contributed by atoms with E-state index in [1.165, 1.54) is 17.0 Å². The Bertz CT molecular complexity index is 370. The average molecular weight is 226 g/mol. The van der Waals surface area contributed by atoms with E-state index < -0.39 is 6.29 Å². The minimum Gasteiger partial charge on any atom is -0.351 e. The smallest absolute Gasteiger partial charge is 0.253 e. The summed E-state index contributed by atoms with van der Waals surface area (Å²) in [4.78, 5) is 15.7. The molecule has 1 aromatic rings. The van der Waals surface area contributed by atoms with Gasteiger partial charge in [-0.1, -0.05) is 0 Å². The molecule has 0 radical (unpaired) electrons. The van der Waals surface area contributed by atoms with Crippen molar-refractivity contribution in [2.45, 2.75) is 33.6 Å². The molecular formula is C11H18N2O3. The molecule has 0 amide bonds. The van der Waals surface area contributed by atoms with Crippen molar-refractivity contribution in [1.82, 2.24) is 9.55 Å². The van der Waals surface area contributed by atoms with Gasteiger partial charge in [0.15, 0.2) is 6.29 Å². The fourth-order valence-electron chi connectivity index (χ4n) is 1.34. The summed E-state index contributed by atoms with van der Waals surface area (Å²) in [5.41, 5.74) is 0.627. The number of hydrogen-bond acceptors (Lipinski definition) is 4. The fraction of sp³-hybridized carbons (Fsp3) is 0.636. The zero-order valence-electron chi connectivity index (χ0n) is 9.97. The van der Waals surface area contributed by atoms with Crippen molar-refractivity contribution in [2.75, 3.05) is 13.2 Å². The first-order valence-corrected chi connectivity index (χ1v) is 5.43. The Kier molecular flexibility index (Phi) is 5.14. The molecule has 0 N–H and O–H groups in total. The lowest BCUT2D eigenvalue weighted by molar-refractivity contribution is -0.144. The minimum atomic E-state index is -0.391. The van der Waals surface area contributed by atoms with Crippen molar-refractivity contribution in [3.63, 3.8) is 0 Å². The maximum atomic E-state index is 11.6. The van der Waals surface area contributed by atoms with Gasteiger partial charge in [0.1, 0.15) is 0 Å². The van der Waals surface area contributed by atoms with Crippen LogP contribution in [0.5, 0.6) is 0 Å². The highest BCUT2D eigenvalue weighted by Crippen LogP contribution is 1.98. The molecule has 0 aliphatic carbocycles. The number of rotatable bonds is 6. The SMILES string of the molecule is CCOC(Cn1cnc(C)cc1=O)OCC. The van der Waals surface area contributed by atoms with E-state index in [2.05, 4.69) is 4.98 Å². The predicted molar refractivity (Wildman–Crippen MR) is 60.3 cm³/mol. The number of nitrogens with zero attached hydrogens (tertiary/aromatic N) is 2. The highest BCUT2D eigenvalue weighted by Gasteiger charge is 2.09. The molecule has 0 atom stereocenters. The second-order valence-corrected chi connectivity index (χ2v) is 3.36. The van der Waals surface area contributed by atoms with Gasteiger partial charge in [0, 0.05) is 25.0 Å². The molecule has 5 nitrogen and oxygen atoms in total. The van der Waals surface area contributed by atoms with Crippen molar-refractivity contribution in [3.05, 3.63) is 28.4 Å². The van der Waals surface area contributed by atoms with Crippen molar-refractivity contribution < 1.29 is 9.47 Å². The maximum absolute atomic E-state index is 11.6. The number of ether oxygens (including phenoxy) is 2. The van der Waals surface area contributed by atoms with Gasteiger partial charge in [-0.2, -0.15) is 0 Å². The van der Waals surface area contributed by atoms with Crippen LogP contribution in [0.3, 0.4) is 0 Å². The Morgan fingerprint density at radius 1 is 1.38 bits per heavy atom. The van der Waals surface area contributed by atoms with Crippen LogP contribution in [0.4, 0.5) is 0 Å². The molecule has 0 spiro atoms. The van der Waals surface area contributed by atoms with Crippen LogP contribution < -0.4 is 5.56 Å².